The van der Waals surface area contributed by atoms with Crippen molar-refractivity contribution in [1.82, 2.24) is 0 Å². The summed E-state index contributed by atoms with van der Waals surface area (Å²) < 4.78 is 11.0. The Kier molecular flexibility index (Phi) is 4.77. The van der Waals surface area contributed by atoms with Crippen LogP contribution in [-0.2, 0) is 9.53 Å². The molecular formula is C6H10NO2P. The van der Waals surface area contributed by atoms with Gasteiger partial charge in [0.2, 0.25) is 0 Å². The summed E-state index contributed by atoms with van der Waals surface area (Å²) in [6.45, 7) is 2.15. The Labute approximate surface area is 63.2 Å². The van der Waals surface area contributed by atoms with Crippen LogP contribution in [0.1, 0.15) is 6.92 Å². The molecule has 0 rings (SSSR count). The SMILES string of the molecule is [1H]/N=P/C/C=C/C(=O)OCC. The van der Waals surface area contributed by atoms with Crippen LogP contribution in [0, 0.1) is 5.15 Å². The molecule has 0 aliphatic heterocycles. The summed E-state index contributed by atoms with van der Waals surface area (Å²) in [4.78, 5) is 10.6. The Hall–Kier alpha value is -0.690. The smallest absolute Gasteiger partial charge is 0.330 e. The summed E-state index contributed by atoms with van der Waals surface area (Å²) in [6.07, 6.45) is 3.57. The van der Waals surface area contributed by atoms with Crippen LogP contribution in [0.4, 0.5) is 0 Å². The zero-order valence-corrected chi connectivity index (χ0v) is 6.67. The second-order valence-electron chi connectivity index (χ2n) is 1.48. The van der Waals surface area contributed by atoms with E-state index in [-0.39, 0.29) is 5.97 Å². The molecule has 0 saturated carbocycles. The lowest BCUT2D eigenvalue weighted by atomic mass is 10.5. The molecule has 0 atom stereocenters. The van der Waals surface area contributed by atoms with Crippen molar-refractivity contribution in [2.24, 2.45) is 0 Å². The molecular weight excluding hydrogens is 149 g/mol. The van der Waals surface area contributed by atoms with Crippen LogP contribution in [-0.4, -0.2) is 18.7 Å². The summed E-state index contributed by atoms with van der Waals surface area (Å²) in [7, 11) is 0.639. The Morgan fingerprint density at radius 3 is 3.40 bits per heavy atom. The molecule has 0 aromatic rings. The molecule has 0 amide bonds. The van der Waals surface area contributed by atoms with Crippen LogP contribution in [0.25, 0.3) is 0 Å². The molecule has 0 aliphatic carbocycles. The van der Waals surface area contributed by atoms with Crippen LogP contribution in [0.2, 0.25) is 1.41 Å². The molecule has 0 aromatic carbocycles. The molecule has 0 bridgehead atoms. The lowest BCUT2D eigenvalue weighted by Crippen LogP contribution is -1.98. The molecule has 0 spiro atoms. The first kappa shape index (κ1) is 7.42. The summed E-state index contributed by atoms with van der Waals surface area (Å²) >= 11 is 0. The average molecular weight is 159 g/mol. The van der Waals surface area contributed by atoms with Gasteiger partial charge < -0.3 is 4.74 Å². The van der Waals surface area contributed by atoms with Gasteiger partial charge in [-0.15, -0.1) is 0 Å². The summed E-state index contributed by atoms with van der Waals surface area (Å²) in [6, 6.07) is 0. The van der Waals surface area contributed by atoms with E-state index in [4.69, 9.17) is 1.41 Å². The fraction of sp³-hybridized carbons (Fsp3) is 0.500. The predicted octanol–water partition coefficient (Wildman–Crippen LogP) is 1.81. The van der Waals surface area contributed by atoms with E-state index in [1.807, 2.05) is 0 Å². The minimum absolute atomic E-state index is 0.340. The number of carbonyl (C=O) groups excluding carboxylic acids is 1. The van der Waals surface area contributed by atoms with Crippen molar-refractivity contribution in [2.45, 2.75) is 6.92 Å². The van der Waals surface area contributed by atoms with Gasteiger partial charge in [0.25, 0.3) is 0 Å². The van der Waals surface area contributed by atoms with Gasteiger partial charge in [-0.05, 0) is 6.92 Å². The molecule has 0 heterocycles. The van der Waals surface area contributed by atoms with Gasteiger partial charge in [0.05, 0.1) is 6.61 Å². The maximum absolute atomic E-state index is 10.6. The van der Waals surface area contributed by atoms with Crippen LogP contribution >= 0.6 is 8.37 Å². The number of rotatable bonds is 4. The van der Waals surface area contributed by atoms with Crippen molar-refractivity contribution in [3.8, 4) is 0 Å². The topological polar surface area (TPSA) is 50.2 Å². The Balaban J connectivity index is 3.48. The largest absolute Gasteiger partial charge is 0.463 e. The summed E-state index contributed by atoms with van der Waals surface area (Å²) in [5.41, 5.74) is 0. The first-order valence-electron chi connectivity index (χ1n) is 3.40. The van der Waals surface area contributed by atoms with E-state index < -0.39 is 0 Å². The molecule has 4 heteroatoms. The van der Waals surface area contributed by atoms with E-state index in [0.717, 1.165) is 0 Å². The van der Waals surface area contributed by atoms with Crippen molar-refractivity contribution < 1.29 is 10.9 Å². The number of allylic oxidation sites excluding steroid dienone is 1. The Morgan fingerprint density at radius 1 is 2.00 bits per heavy atom. The highest BCUT2D eigenvalue weighted by Crippen LogP contribution is 1.92. The number of nitrogens with one attached hydrogen (secondary N) is 1. The summed E-state index contributed by atoms with van der Waals surface area (Å²) in [5, 5.41) is 3.10. The maximum atomic E-state index is 10.6. The van der Waals surface area contributed by atoms with Crippen molar-refractivity contribution in [3.05, 3.63) is 12.2 Å². The highest BCUT2D eigenvalue weighted by atomic mass is 31.1. The Morgan fingerprint density at radius 2 is 2.80 bits per heavy atom. The number of hydrogen-bond acceptors (Lipinski definition) is 3. The van der Waals surface area contributed by atoms with E-state index in [0.29, 0.717) is 21.1 Å². The second kappa shape index (κ2) is 6.43. The molecule has 0 saturated heterocycles. The molecule has 0 unspecified atom stereocenters. The lowest BCUT2D eigenvalue weighted by molar-refractivity contribution is -0.137. The normalized spacial score (nSPS) is 12.3. The highest BCUT2D eigenvalue weighted by molar-refractivity contribution is 7.25. The fourth-order valence-electron chi connectivity index (χ4n) is 0.386. The van der Waals surface area contributed by atoms with E-state index >= 15 is 0 Å². The number of hydrogen-bond donors (Lipinski definition) is 1. The third-order valence-corrected chi connectivity index (χ3v) is 1.10. The average Bonchev–Trinajstić information content (AvgIpc) is 1.99. The van der Waals surface area contributed by atoms with Crippen LogP contribution in [0.3, 0.4) is 0 Å². The van der Waals surface area contributed by atoms with E-state index in [2.05, 4.69) is 9.89 Å². The first-order valence-corrected chi connectivity index (χ1v) is 3.98. The molecule has 0 radical (unpaired) electrons. The Bertz CT molecular complexity index is 170. The quantitative estimate of drug-likeness (QED) is 0.386. The summed E-state index contributed by atoms with van der Waals surface area (Å²) in [5.74, 6) is -0.340. The first-order chi connectivity index (χ1) is 5.31. The van der Waals surface area contributed by atoms with Crippen molar-refractivity contribution in [2.75, 3.05) is 12.8 Å². The van der Waals surface area contributed by atoms with Crippen molar-refractivity contribution >= 4 is 14.3 Å². The van der Waals surface area contributed by atoms with Crippen molar-refractivity contribution in [1.29, 1.82) is 5.15 Å². The zero-order chi connectivity index (χ0) is 8.53. The van der Waals surface area contributed by atoms with E-state index in [1.54, 1.807) is 13.0 Å². The van der Waals surface area contributed by atoms with Gasteiger partial charge >= 0.3 is 5.97 Å². The van der Waals surface area contributed by atoms with Gasteiger partial charge in [-0.3, -0.25) is 5.15 Å². The minimum atomic E-state index is -0.340. The van der Waals surface area contributed by atoms with Crippen LogP contribution < -0.4 is 0 Å². The molecule has 0 fully saturated rings. The third-order valence-electron chi connectivity index (χ3n) is 0.728. The van der Waals surface area contributed by atoms with Crippen LogP contribution in [0.15, 0.2) is 12.2 Å². The minimum Gasteiger partial charge on any atom is -0.463 e. The number of ether oxygens (including phenoxy) is 1. The fourth-order valence-corrected chi connectivity index (χ4v) is 0.586. The zero-order valence-electron chi connectivity index (χ0n) is 6.78. The molecule has 0 aromatic heterocycles. The van der Waals surface area contributed by atoms with E-state index in [9.17, 15) is 4.79 Å². The molecule has 56 valence electrons. The van der Waals surface area contributed by atoms with E-state index in [1.165, 1.54) is 6.08 Å². The molecule has 1 N–H and O–H groups in total. The number of carbonyl (C=O) groups is 1. The highest BCUT2D eigenvalue weighted by Gasteiger charge is 1.90. The van der Waals surface area contributed by atoms with Gasteiger partial charge in [-0.2, -0.15) is 0 Å². The molecule has 0 aliphatic rings. The van der Waals surface area contributed by atoms with Crippen LogP contribution in [0.5, 0.6) is 0 Å². The second-order valence-corrected chi connectivity index (χ2v) is 2.13. The monoisotopic (exact) mass is 159 g/mol. The van der Waals surface area contributed by atoms with Gasteiger partial charge in [0.1, 0.15) is 0 Å². The lowest BCUT2D eigenvalue weighted by Gasteiger charge is -1.92. The molecule has 3 nitrogen and oxygen atoms in total. The van der Waals surface area contributed by atoms with Gasteiger partial charge in [0.15, 0.2) is 1.41 Å². The van der Waals surface area contributed by atoms with Gasteiger partial charge in [-0.1, -0.05) is 6.08 Å². The number of esters is 1. The van der Waals surface area contributed by atoms with Gasteiger partial charge in [0, 0.05) is 20.6 Å². The third kappa shape index (κ3) is 5.45. The predicted molar refractivity (Wildman–Crippen MR) is 40.3 cm³/mol. The van der Waals surface area contributed by atoms with Crippen molar-refractivity contribution in [3.63, 3.8) is 0 Å². The van der Waals surface area contributed by atoms with Gasteiger partial charge in [-0.25, -0.2) is 4.79 Å². The molecule has 10 heavy (non-hydrogen) atoms. The maximum Gasteiger partial charge on any atom is 0.330 e. The standard InChI is InChI=1S/C6H10NO2P/c1-2-9-6(8)4-3-5-10-7/h3-4,7H,2,5H2,1H3/b4-3+/i/hH.